The molecule has 0 aromatic heterocycles. The predicted molar refractivity (Wildman–Crippen MR) is 169 cm³/mol. The minimum Gasteiger partial charge on any atom is -0.510 e. The highest BCUT2D eigenvalue weighted by Gasteiger charge is 2.67. The van der Waals surface area contributed by atoms with E-state index >= 15 is 0 Å². The van der Waals surface area contributed by atoms with Gasteiger partial charge in [0.2, 0.25) is 11.7 Å². The Balaban J connectivity index is 0.00000480. The number of nitrogens with two attached hydrogens (primary N) is 1. The number of likely N-dealkylation sites (N-methyl/N-ethyl adjacent to an activating group) is 1. The molecule has 0 aliphatic heterocycles. The number of hydroxylamine groups is 1. The van der Waals surface area contributed by atoms with Crippen LogP contribution in [0.25, 0.3) is 0 Å². The van der Waals surface area contributed by atoms with Crippen molar-refractivity contribution < 1.29 is 49.5 Å². The summed E-state index contributed by atoms with van der Waals surface area (Å²) in [6.45, 7) is 5.50. The van der Waals surface area contributed by atoms with Crippen LogP contribution in [0.1, 0.15) is 61.9 Å². The Labute approximate surface area is 276 Å². The average molecular weight is 710 g/mol. The SMILES string of the molecule is Br.CCC(NOC1CC(C)C1)C(=O)Nc1ccc2c(c1O)C(=O)C1=C(O)[C@]3(O)C(=O)C(C(N)=O)=C(O)[C@@H](N(C)C)C3C(O)C1C2C. The Morgan fingerprint density at radius 3 is 2.33 bits per heavy atom. The lowest BCUT2D eigenvalue weighted by atomic mass is 9.55. The fourth-order valence-corrected chi connectivity index (χ4v) is 7.37. The second-order valence-electron chi connectivity index (χ2n) is 12.9. The van der Waals surface area contributed by atoms with E-state index in [1.54, 1.807) is 13.8 Å². The molecule has 0 saturated heterocycles. The van der Waals surface area contributed by atoms with E-state index < -0.39 is 93.3 Å². The topological polar surface area (TPSA) is 232 Å². The van der Waals surface area contributed by atoms with Gasteiger partial charge in [-0.05, 0) is 56.8 Å². The second-order valence-corrected chi connectivity index (χ2v) is 12.9. The third-order valence-electron chi connectivity index (χ3n) is 9.82. The predicted octanol–water partition coefficient (Wildman–Crippen LogP) is 1.27. The summed E-state index contributed by atoms with van der Waals surface area (Å²) in [4.78, 5) is 59.8. The first-order valence-electron chi connectivity index (χ1n) is 15.0. The molecule has 2 amide bonds. The van der Waals surface area contributed by atoms with Crippen molar-refractivity contribution in [1.82, 2.24) is 10.4 Å². The molecule has 4 aliphatic rings. The maximum absolute atomic E-state index is 14.0. The Morgan fingerprint density at radius 2 is 1.78 bits per heavy atom. The molecule has 14 nitrogen and oxygen atoms in total. The highest BCUT2D eigenvalue weighted by Crippen LogP contribution is 2.56. The van der Waals surface area contributed by atoms with E-state index in [-0.39, 0.29) is 39.9 Å². The Bertz CT molecular complexity index is 1540. The summed E-state index contributed by atoms with van der Waals surface area (Å²) in [5.41, 5.74) is 3.50. The number of fused-ring (bicyclic) bond motifs is 3. The van der Waals surface area contributed by atoms with Crippen molar-refractivity contribution in [3.63, 3.8) is 0 Å². The van der Waals surface area contributed by atoms with Crippen molar-refractivity contribution in [2.24, 2.45) is 23.5 Å². The number of anilines is 1. The number of hydrogen-bond donors (Lipinski definition) is 8. The molecule has 7 atom stereocenters. The Kier molecular flexibility index (Phi) is 9.80. The van der Waals surface area contributed by atoms with Gasteiger partial charge in [0.25, 0.3) is 5.91 Å². The molecule has 0 heterocycles. The molecule has 1 saturated carbocycles. The van der Waals surface area contributed by atoms with Gasteiger partial charge < -0.3 is 36.6 Å². The number of aliphatic hydroxyl groups is 4. The summed E-state index contributed by atoms with van der Waals surface area (Å²) in [5, 5.41) is 59.8. The smallest absolute Gasteiger partial charge is 0.255 e. The van der Waals surface area contributed by atoms with Crippen LogP contribution in [0.2, 0.25) is 0 Å². The van der Waals surface area contributed by atoms with Crippen LogP contribution in [-0.2, 0) is 19.2 Å². The van der Waals surface area contributed by atoms with E-state index in [1.807, 2.05) is 0 Å². The second kappa shape index (κ2) is 12.7. The summed E-state index contributed by atoms with van der Waals surface area (Å²) in [5.74, 6) is -9.88. The number of hydrogen-bond acceptors (Lipinski definition) is 12. The largest absolute Gasteiger partial charge is 0.510 e. The third-order valence-corrected chi connectivity index (χ3v) is 9.82. The number of nitrogens with one attached hydrogen (secondary N) is 2. The molecule has 5 rings (SSSR count). The molecule has 9 N–H and O–H groups in total. The zero-order chi connectivity index (χ0) is 33.3. The first-order chi connectivity index (χ1) is 21.1. The van der Waals surface area contributed by atoms with Crippen LogP contribution in [0.3, 0.4) is 0 Å². The number of Topliss-reactive ketones (excluding diaryl/α,β-unsaturated/α-hetero) is 2. The zero-order valence-electron chi connectivity index (χ0n) is 26.1. The number of benzene rings is 1. The fraction of sp³-hybridized carbons (Fsp3) is 0.548. The molecule has 0 radical (unpaired) electrons. The van der Waals surface area contributed by atoms with Crippen molar-refractivity contribution in [2.75, 3.05) is 19.4 Å². The quantitative estimate of drug-likeness (QED) is 0.108. The maximum Gasteiger partial charge on any atom is 0.255 e. The summed E-state index contributed by atoms with van der Waals surface area (Å²) < 4.78 is 0. The van der Waals surface area contributed by atoms with Gasteiger partial charge in [-0.15, -0.1) is 17.0 Å². The minimum absolute atomic E-state index is 0. The van der Waals surface area contributed by atoms with Crippen molar-refractivity contribution in [2.45, 2.75) is 75.8 Å². The third kappa shape index (κ3) is 5.22. The fourth-order valence-electron chi connectivity index (χ4n) is 7.37. The molecule has 5 unspecified atom stereocenters. The van der Waals surface area contributed by atoms with Crippen molar-refractivity contribution in [3.8, 4) is 5.75 Å². The Hall–Kier alpha value is -3.34. The van der Waals surface area contributed by atoms with Crippen LogP contribution in [0.4, 0.5) is 5.69 Å². The summed E-state index contributed by atoms with van der Waals surface area (Å²) in [6.07, 6.45) is 0.393. The van der Waals surface area contributed by atoms with Crippen molar-refractivity contribution >= 4 is 46.0 Å². The van der Waals surface area contributed by atoms with Crippen molar-refractivity contribution in [3.05, 3.63) is 45.9 Å². The number of aliphatic hydroxyl groups excluding tert-OH is 3. The number of halogens is 1. The van der Waals surface area contributed by atoms with Gasteiger partial charge >= 0.3 is 0 Å². The molecule has 15 heteroatoms. The van der Waals surface area contributed by atoms with Crippen LogP contribution >= 0.6 is 17.0 Å². The van der Waals surface area contributed by atoms with E-state index in [1.165, 1.54) is 31.1 Å². The first kappa shape index (κ1) is 35.5. The van der Waals surface area contributed by atoms with Gasteiger partial charge in [0.1, 0.15) is 23.1 Å². The van der Waals surface area contributed by atoms with Gasteiger partial charge in [0.15, 0.2) is 17.1 Å². The van der Waals surface area contributed by atoms with Crippen LogP contribution < -0.4 is 16.5 Å². The molecule has 4 aliphatic carbocycles. The number of phenols is 1. The van der Waals surface area contributed by atoms with Gasteiger partial charge in [-0.25, -0.2) is 0 Å². The Morgan fingerprint density at radius 1 is 1.15 bits per heavy atom. The van der Waals surface area contributed by atoms with E-state index in [0.717, 1.165) is 12.8 Å². The van der Waals surface area contributed by atoms with Crippen molar-refractivity contribution in [1.29, 1.82) is 0 Å². The number of phenolic OH excluding ortho intramolecular Hbond substituents is 1. The maximum atomic E-state index is 14.0. The lowest BCUT2D eigenvalue weighted by Gasteiger charge is -2.53. The minimum atomic E-state index is -3.01. The number of carbonyl (C=O) groups is 4. The number of amides is 2. The lowest BCUT2D eigenvalue weighted by molar-refractivity contribution is -0.162. The van der Waals surface area contributed by atoms with E-state index in [9.17, 15) is 44.7 Å². The number of primary amides is 1. The molecule has 1 aromatic carbocycles. The standard InChI is InChI=1S/C31H40N4O10.BrH/c1-6-15(34-45-13-9-11(2)10-13)30(43)33-16-8-7-14-12(3)17-19(24(37)18(14)23(16)36)27(40)31(44)21(25(17)38)22(35(4)5)26(39)20(28(31)41)29(32)42;/h7-8,11-13,15,17,21-22,25,34,36,38-40,44H,6,9-10H2,1-5H3,(H2,32,42)(H,33,43);1H/t11?,12?,13?,15?,17?,21?,22-,25?,31-;/m0./s1. The van der Waals surface area contributed by atoms with Gasteiger partial charge in [-0.2, -0.15) is 5.48 Å². The van der Waals surface area contributed by atoms with E-state index in [4.69, 9.17) is 10.6 Å². The normalized spacial score (nSPS) is 32.6. The number of rotatable bonds is 8. The first-order valence-corrected chi connectivity index (χ1v) is 15.0. The van der Waals surface area contributed by atoms with E-state index in [0.29, 0.717) is 12.3 Å². The summed E-state index contributed by atoms with van der Waals surface area (Å²) in [6, 6.07) is 0.804. The highest BCUT2D eigenvalue weighted by atomic mass is 79.9. The number of ketones is 2. The van der Waals surface area contributed by atoms with Gasteiger partial charge in [0, 0.05) is 11.5 Å². The van der Waals surface area contributed by atoms with E-state index in [2.05, 4.69) is 17.7 Å². The highest BCUT2D eigenvalue weighted by molar-refractivity contribution is 8.93. The number of aromatic hydroxyl groups is 1. The number of nitrogens with zero attached hydrogens (tertiary/aromatic N) is 1. The monoisotopic (exact) mass is 708 g/mol. The molecule has 252 valence electrons. The molecule has 1 fully saturated rings. The van der Waals surface area contributed by atoms with Crippen LogP contribution in [-0.4, -0.2) is 97.8 Å². The average Bonchev–Trinajstić information content (AvgIpc) is 2.95. The zero-order valence-corrected chi connectivity index (χ0v) is 27.8. The number of carbonyl (C=O) groups excluding carboxylic acids is 4. The van der Waals surface area contributed by atoms with Crippen LogP contribution in [0.15, 0.2) is 34.8 Å². The lowest BCUT2D eigenvalue weighted by Crippen LogP contribution is -2.68. The summed E-state index contributed by atoms with van der Waals surface area (Å²) >= 11 is 0. The molecule has 0 spiro atoms. The summed E-state index contributed by atoms with van der Waals surface area (Å²) in [7, 11) is 2.94. The molecular formula is C31H41BrN4O10. The van der Waals surface area contributed by atoms with Crippen LogP contribution in [0.5, 0.6) is 5.75 Å². The van der Waals surface area contributed by atoms with Gasteiger partial charge in [0.05, 0.1) is 35.4 Å². The molecule has 46 heavy (non-hydrogen) atoms. The molecular weight excluding hydrogens is 668 g/mol. The molecule has 1 aromatic rings. The molecule has 0 bridgehead atoms. The van der Waals surface area contributed by atoms with Gasteiger partial charge in [-0.3, -0.25) is 28.9 Å². The van der Waals surface area contributed by atoms with Gasteiger partial charge in [-0.1, -0.05) is 26.8 Å². The van der Waals surface area contributed by atoms with Crippen LogP contribution in [0, 0.1) is 17.8 Å².